The lowest BCUT2D eigenvalue weighted by Crippen LogP contribution is -2.23. The number of thioether (sulfide) groups is 1. The van der Waals surface area contributed by atoms with Gasteiger partial charge >= 0.3 is 0 Å². The second-order valence-electron chi connectivity index (χ2n) is 6.88. The average Bonchev–Trinajstić information content (AvgIpc) is 3.05. The molecule has 0 fully saturated rings. The maximum absolute atomic E-state index is 11.6. The molecule has 1 heterocycles. The largest absolute Gasteiger partial charge is 0.369 e. The summed E-state index contributed by atoms with van der Waals surface area (Å²) in [5.74, 6) is 0.715. The molecule has 27 heavy (non-hydrogen) atoms. The van der Waals surface area contributed by atoms with E-state index in [1.807, 2.05) is 28.8 Å². The third-order valence-electron chi connectivity index (χ3n) is 4.43. The van der Waals surface area contributed by atoms with Crippen LogP contribution in [0, 0.1) is 6.92 Å². The number of nitrogens with two attached hydrogens (primary N) is 1. The Morgan fingerprint density at radius 1 is 1.04 bits per heavy atom. The van der Waals surface area contributed by atoms with Gasteiger partial charge in [-0.15, -0.1) is 10.2 Å². The second-order valence-corrected chi connectivity index (χ2v) is 8.19. The minimum Gasteiger partial charge on any atom is -0.369 e. The first-order chi connectivity index (χ1) is 12.9. The molecule has 2 aromatic carbocycles. The minimum atomic E-state index is -0.398. The molecule has 0 saturated heterocycles. The standard InChI is InChI=1S/C21H24N4OS/c1-13(2)17-7-5-6-8-18(17)25-20(16-11-9-14(3)10-12-16)23-24-21(25)27-15(4)19(22)26/h5-13,15H,1-4H3,(H2,22,26)/t15-/m1/s1. The molecular weight excluding hydrogens is 356 g/mol. The molecular formula is C21H24N4OS. The molecule has 0 aliphatic rings. The quantitative estimate of drug-likeness (QED) is 0.646. The van der Waals surface area contributed by atoms with Crippen molar-refractivity contribution in [3.05, 3.63) is 59.7 Å². The molecule has 1 aromatic heterocycles. The van der Waals surface area contributed by atoms with Crippen LogP contribution in [0.5, 0.6) is 0 Å². The van der Waals surface area contributed by atoms with E-state index in [1.54, 1.807) is 6.92 Å². The molecule has 5 nitrogen and oxygen atoms in total. The van der Waals surface area contributed by atoms with E-state index < -0.39 is 5.25 Å². The van der Waals surface area contributed by atoms with Gasteiger partial charge in [0.2, 0.25) is 5.91 Å². The van der Waals surface area contributed by atoms with Crippen LogP contribution in [0.1, 0.15) is 37.8 Å². The molecule has 0 aliphatic heterocycles. The van der Waals surface area contributed by atoms with Gasteiger partial charge in [0.1, 0.15) is 0 Å². The van der Waals surface area contributed by atoms with Gasteiger partial charge in [-0.1, -0.05) is 73.6 Å². The SMILES string of the molecule is Cc1ccc(-c2nnc(S[C@H](C)C(N)=O)n2-c2ccccc2C(C)C)cc1. The molecule has 0 radical (unpaired) electrons. The number of benzene rings is 2. The molecule has 0 aliphatic carbocycles. The number of primary amides is 1. The summed E-state index contributed by atoms with van der Waals surface area (Å²) in [6.45, 7) is 8.16. The first-order valence-electron chi connectivity index (χ1n) is 8.96. The van der Waals surface area contributed by atoms with Crippen molar-refractivity contribution >= 4 is 17.7 Å². The van der Waals surface area contributed by atoms with Gasteiger partial charge in [0.05, 0.1) is 10.9 Å². The fourth-order valence-corrected chi connectivity index (χ4v) is 3.66. The molecule has 1 atom stereocenters. The zero-order valence-electron chi connectivity index (χ0n) is 16.0. The molecule has 6 heteroatoms. The van der Waals surface area contributed by atoms with Gasteiger partial charge in [0.25, 0.3) is 0 Å². The van der Waals surface area contributed by atoms with Crippen LogP contribution in [0.25, 0.3) is 17.1 Å². The molecule has 140 valence electrons. The third kappa shape index (κ3) is 4.06. The monoisotopic (exact) mass is 380 g/mol. The first kappa shape index (κ1) is 19.2. The Labute approximate surface area is 164 Å². The predicted molar refractivity (Wildman–Crippen MR) is 110 cm³/mol. The molecule has 3 rings (SSSR count). The van der Waals surface area contributed by atoms with E-state index in [1.165, 1.54) is 22.9 Å². The Kier molecular flexibility index (Phi) is 5.65. The van der Waals surface area contributed by atoms with Gasteiger partial charge in [-0.2, -0.15) is 0 Å². The van der Waals surface area contributed by atoms with Crippen LogP contribution in [-0.2, 0) is 4.79 Å². The average molecular weight is 381 g/mol. The van der Waals surface area contributed by atoms with Crippen LogP contribution in [0.2, 0.25) is 0 Å². The van der Waals surface area contributed by atoms with Crippen LogP contribution < -0.4 is 5.73 Å². The lowest BCUT2D eigenvalue weighted by atomic mass is 10.0. The van der Waals surface area contributed by atoms with Crippen molar-refractivity contribution in [1.82, 2.24) is 14.8 Å². The number of nitrogens with zero attached hydrogens (tertiary/aromatic N) is 3. The molecule has 0 saturated carbocycles. The number of aryl methyl sites for hydroxylation is 1. The predicted octanol–water partition coefficient (Wildman–Crippen LogP) is 4.33. The van der Waals surface area contributed by atoms with E-state index in [0.717, 1.165) is 17.1 Å². The highest BCUT2D eigenvalue weighted by atomic mass is 32.2. The highest BCUT2D eigenvalue weighted by molar-refractivity contribution is 8.00. The number of carbonyl (C=O) groups is 1. The molecule has 0 unspecified atom stereocenters. The highest BCUT2D eigenvalue weighted by Gasteiger charge is 2.22. The molecule has 0 bridgehead atoms. The fraction of sp³-hybridized carbons (Fsp3) is 0.286. The van der Waals surface area contributed by atoms with Gasteiger partial charge in [0, 0.05) is 5.56 Å². The number of amides is 1. The van der Waals surface area contributed by atoms with E-state index in [0.29, 0.717) is 11.1 Å². The van der Waals surface area contributed by atoms with Crippen molar-refractivity contribution in [1.29, 1.82) is 0 Å². The Balaban J connectivity index is 2.20. The van der Waals surface area contributed by atoms with Gasteiger partial charge in [-0.3, -0.25) is 9.36 Å². The van der Waals surface area contributed by atoms with Gasteiger partial charge in [0.15, 0.2) is 11.0 Å². The minimum absolute atomic E-state index is 0.334. The van der Waals surface area contributed by atoms with Crippen molar-refractivity contribution in [2.24, 2.45) is 5.73 Å². The second kappa shape index (κ2) is 7.96. The Hall–Kier alpha value is -2.60. The third-order valence-corrected chi connectivity index (χ3v) is 5.49. The van der Waals surface area contributed by atoms with Gasteiger partial charge in [-0.25, -0.2) is 0 Å². The molecule has 0 spiro atoms. The Bertz CT molecular complexity index is 947. The van der Waals surface area contributed by atoms with Crippen LogP contribution >= 0.6 is 11.8 Å². The number of para-hydroxylation sites is 1. The normalized spacial score (nSPS) is 12.3. The summed E-state index contributed by atoms with van der Waals surface area (Å²) >= 11 is 1.33. The maximum atomic E-state index is 11.6. The highest BCUT2D eigenvalue weighted by Crippen LogP contribution is 2.33. The number of hydrogen-bond donors (Lipinski definition) is 1. The lowest BCUT2D eigenvalue weighted by molar-refractivity contribution is -0.117. The molecule has 2 N–H and O–H groups in total. The Morgan fingerprint density at radius 3 is 2.33 bits per heavy atom. The summed E-state index contributed by atoms with van der Waals surface area (Å²) in [4.78, 5) is 11.6. The van der Waals surface area contributed by atoms with Crippen LogP contribution in [0.15, 0.2) is 53.7 Å². The summed E-state index contributed by atoms with van der Waals surface area (Å²) in [6.07, 6.45) is 0. The van der Waals surface area contributed by atoms with Gasteiger partial charge < -0.3 is 5.73 Å². The van der Waals surface area contributed by atoms with Crippen LogP contribution in [-0.4, -0.2) is 25.9 Å². The molecule has 1 amide bonds. The topological polar surface area (TPSA) is 73.8 Å². The van der Waals surface area contributed by atoms with E-state index in [-0.39, 0.29) is 5.91 Å². The van der Waals surface area contributed by atoms with Crippen molar-refractivity contribution in [2.45, 2.75) is 44.0 Å². The van der Waals surface area contributed by atoms with E-state index in [9.17, 15) is 4.79 Å². The first-order valence-corrected chi connectivity index (χ1v) is 9.84. The van der Waals surface area contributed by atoms with Crippen molar-refractivity contribution < 1.29 is 4.79 Å². The summed E-state index contributed by atoms with van der Waals surface area (Å²) in [6, 6.07) is 16.4. The number of hydrogen-bond acceptors (Lipinski definition) is 4. The van der Waals surface area contributed by atoms with E-state index in [4.69, 9.17) is 5.73 Å². The smallest absolute Gasteiger partial charge is 0.230 e. The van der Waals surface area contributed by atoms with Crippen LogP contribution in [0.3, 0.4) is 0 Å². The summed E-state index contributed by atoms with van der Waals surface area (Å²) < 4.78 is 2.03. The van der Waals surface area contributed by atoms with Crippen molar-refractivity contribution in [3.63, 3.8) is 0 Å². The van der Waals surface area contributed by atoms with E-state index in [2.05, 4.69) is 55.2 Å². The summed E-state index contributed by atoms with van der Waals surface area (Å²) in [5.41, 5.74) is 9.84. The maximum Gasteiger partial charge on any atom is 0.230 e. The number of rotatable bonds is 6. The number of aromatic nitrogens is 3. The van der Waals surface area contributed by atoms with Crippen LogP contribution in [0.4, 0.5) is 0 Å². The van der Waals surface area contributed by atoms with E-state index >= 15 is 0 Å². The zero-order valence-corrected chi connectivity index (χ0v) is 16.8. The zero-order chi connectivity index (χ0) is 19.6. The fourth-order valence-electron chi connectivity index (χ4n) is 2.85. The summed E-state index contributed by atoms with van der Waals surface area (Å²) in [7, 11) is 0. The number of carbonyl (C=O) groups excluding carboxylic acids is 1. The lowest BCUT2D eigenvalue weighted by Gasteiger charge is -2.17. The molecule has 3 aromatic rings. The van der Waals surface area contributed by atoms with Gasteiger partial charge in [-0.05, 0) is 31.4 Å². The Morgan fingerprint density at radius 2 is 1.70 bits per heavy atom. The van der Waals surface area contributed by atoms with Crippen molar-refractivity contribution in [2.75, 3.05) is 0 Å². The van der Waals surface area contributed by atoms with Crippen molar-refractivity contribution in [3.8, 4) is 17.1 Å². The summed E-state index contributed by atoms with van der Waals surface area (Å²) in [5, 5.41) is 9.09.